The fourth-order valence-corrected chi connectivity index (χ4v) is 0.921. The lowest BCUT2D eigenvalue weighted by Crippen LogP contribution is -1.95. The van der Waals surface area contributed by atoms with Crippen molar-refractivity contribution in [3.63, 3.8) is 0 Å². The van der Waals surface area contributed by atoms with E-state index in [1.165, 1.54) is 0 Å². The minimum Gasteiger partial charge on any atom is -0.396 e. The highest BCUT2D eigenvalue weighted by Gasteiger charge is 1.96. The van der Waals surface area contributed by atoms with Gasteiger partial charge in [0.25, 0.3) is 0 Å². The summed E-state index contributed by atoms with van der Waals surface area (Å²) in [6.07, 6.45) is 6.44. The molecule has 0 heterocycles. The lowest BCUT2D eigenvalue weighted by molar-refractivity contribution is 0.263. The van der Waals surface area contributed by atoms with Gasteiger partial charge in [-0.3, -0.25) is 0 Å². The van der Waals surface area contributed by atoms with E-state index in [1.807, 2.05) is 0 Å². The van der Waals surface area contributed by atoms with Crippen LogP contribution in [0.2, 0.25) is 0 Å². The van der Waals surface area contributed by atoms with E-state index in [0.29, 0.717) is 18.4 Å². The van der Waals surface area contributed by atoms with E-state index < -0.39 is 0 Å². The molecule has 66 valence electrons. The average molecular weight is 156 g/mol. The van der Waals surface area contributed by atoms with Gasteiger partial charge in [-0.1, -0.05) is 32.9 Å². The molecule has 0 radical (unpaired) electrons. The SMILES string of the molecule is CC(C)/C=C/C[C@@H](C)CCO. The van der Waals surface area contributed by atoms with Crippen molar-refractivity contribution in [2.45, 2.75) is 33.6 Å². The predicted molar refractivity (Wildman–Crippen MR) is 49.5 cm³/mol. The van der Waals surface area contributed by atoms with Crippen LogP contribution >= 0.6 is 0 Å². The minimum atomic E-state index is 0.316. The smallest absolute Gasteiger partial charge is 0.0433 e. The highest BCUT2D eigenvalue weighted by atomic mass is 16.2. The van der Waals surface area contributed by atoms with Crippen LogP contribution in [0.5, 0.6) is 0 Å². The van der Waals surface area contributed by atoms with E-state index >= 15 is 0 Å². The van der Waals surface area contributed by atoms with Crippen LogP contribution in [-0.2, 0) is 0 Å². The van der Waals surface area contributed by atoms with Gasteiger partial charge in [-0.05, 0) is 24.7 Å². The second-order valence-electron chi connectivity index (χ2n) is 3.53. The van der Waals surface area contributed by atoms with Crippen LogP contribution in [-0.4, -0.2) is 11.7 Å². The van der Waals surface area contributed by atoms with Gasteiger partial charge in [-0.2, -0.15) is 0 Å². The summed E-state index contributed by atoms with van der Waals surface area (Å²) < 4.78 is 0. The molecule has 11 heavy (non-hydrogen) atoms. The van der Waals surface area contributed by atoms with Crippen molar-refractivity contribution >= 4 is 0 Å². The Morgan fingerprint density at radius 3 is 2.36 bits per heavy atom. The van der Waals surface area contributed by atoms with Gasteiger partial charge in [0.05, 0.1) is 0 Å². The van der Waals surface area contributed by atoms with Gasteiger partial charge in [0.2, 0.25) is 0 Å². The van der Waals surface area contributed by atoms with E-state index in [0.717, 1.165) is 12.8 Å². The first-order chi connectivity index (χ1) is 5.16. The predicted octanol–water partition coefficient (Wildman–Crippen LogP) is 2.61. The first-order valence-corrected chi connectivity index (χ1v) is 4.44. The normalized spacial score (nSPS) is 14.6. The van der Waals surface area contributed by atoms with Gasteiger partial charge in [-0.15, -0.1) is 0 Å². The molecule has 0 aliphatic heterocycles. The van der Waals surface area contributed by atoms with Crippen molar-refractivity contribution in [1.82, 2.24) is 0 Å². The van der Waals surface area contributed by atoms with Crippen molar-refractivity contribution in [2.75, 3.05) is 6.61 Å². The third-order valence-electron chi connectivity index (χ3n) is 1.68. The van der Waals surface area contributed by atoms with E-state index in [4.69, 9.17) is 5.11 Å². The topological polar surface area (TPSA) is 20.2 Å². The van der Waals surface area contributed by atoms with Crippen LogP contribution in [0.15, 0.2) is 12.2 Å². The molecule has 0 unspecified atom stereocenters. The Hall–Kier alpha value is -0.300. The maximum Gasteiger partial charge on any atom is 0.0433 e. The largest absolute Gasteiger partial charge is 0.396 e. The van der Waals surface area contributed by atoms with Crippen LogP contribution in [0.25, 0.3) is 0 Å². The first kappa shape index (κ1) is 10.7. The molecule has 0 saturated heterocycles. The minimum absolute atomic E-state index is 0.316. The Bertz CT molecular complexity index is 105. The van der Waals surface area contributed by atoms with Gasteiger partial charge >= 0.3 is 0 Å². The van der Waals surface area contributed by atoms with E-state index in [-0.39, 0.29) is 0 Å². The standard InChI is InChI=1S/C10H20O/c1-9(2)5-4-6-10(3)7-8-11/h4-5,9-11H,6-8H2,1-3H3/b5-4+/t10-/m1/s1. The molecule has 0 aliphatic rings. The van der Waals surface area contributed by atoms with Crippen molar-refractivity contribution in [2.24, 2.45) is 11.8 Å². The molecule has 0 saturated carbocycles. The lowest BCUT2D eigenvalue weighted by Gasteiger charge is -2.04. The van der Waals surface area contributed by atoms with E-state index in [9.17, 15) is 0 Å². The molecule has 1 N–H and O–H groups in total. The van der Waals surface area contributed by atoms with Crippen LogP contribution in [0.4, 0.5) is 0 Å². The molecule has 0 aromatic heterocycles. The van der Waals surface area contributed by atoms with Gasteiger partial charge in [0.15, 0.2) is 0 Å². The molecule has 0 bridgehead atoms. The molecule has 0 amide bonds. The molecule has 0 aromatic rings. The maximum atomic E-state index is 8.62. The average Bonchev–Trinajstić information content (AvgIpc) is 1.87. The zero-order chi connectivity index (χ0) is 8.69. The molecule has 1 heteroatoms. The monoisotopic (exact) mass is 156 g/mol. The molecule has 0 aliphatic carbocycles. The summed E-state index contributed by atoms with van der Waals surface area (Å²) in [6.45, 7) is 6.83. The summed E-state index contributed by atoms with van der Waals surface area (Å²) in [4.78, 5) is 0. The van der Waals surface area contributed by atoms with Crippen LogP contribution in [0.3, 0.4) is 0 Å². The highest BCUT2D eigenvalue weighted by molar-refractivity contribution is 4.85. The molecule has 1 atom stereocenters. The number of allylic oxidation sites excluding steroid dienone is 2. The second-order valence-corrected chi connectivity index (χ2v) is 3.53. The molecular formula is C10H20O. The number of rotatable bonds is 5. The quantitative estimate of drug-likeness (QED) is 0.607. The summed E-state index contributed by atoms with van der Waals surface area (Å²) in [7, 11) is 0. The number of hydrogen-bond acceptors (Lipinski definition) is 1. The maximum absolute atomic E-state index is 8.62. The summed E-state index contributed by atoms with van der Waals surface area (Å²) >= 11 is 0. The molecule has 1 nitrogen and oxygen atoms in total. The Balaban J connectivity index is 3.36. The Kier molecular flexibility index (Phi) is 6.24. The second kappa shape index (κ2) is 6.41. The van der Waals surface area contributed by atoms with Gasteiger partial charge in [-0.25, -0.2) is 0 Å². The number of hydrogen-bond donors (Lipinski definition) is 1. The Morgan fingerprint density at radius 2 is 1.91 bits per heavy atom. The number of aliphatic hydroxyl groups excluding tert-OH is 1. The zero-order valence-corrected chi connectivity index (χ0v) is 7.88. The Labute approximate surface area is 70.1 Å². The molecule has 0 fully saturated rings. The molecule has 0 rings (SSSR count). The summed E-state index contributed by atoms with van der Waals surface area (Å²) in [5.74, 6) is 1.27. The van der Waals surface area contributed by atoms with Gasteiger partial charge in [0, 0.05) is 6.61 Å². The van der Waals surface area contributed by atoms with E-state index in [1.54, 1.807) is 0 Å². The van der Waals surface area contributed by atoms with Crippen LogP contribution in [0, 0.1) is 11.8 Å². The molecular weight excluding hydrogens is 136 g/mol. The van der Waals surface area contributed by atoms with Gasteiger partial charge < -0.3 is 5.11 Å². The summed E-state index contributed by atoms with van der Waals surface area (Å²) in [5, 5.41) is 8.62. The molecule has 0 spiro atoms. The lowest BCUT2D eigenvalue weighted by atomic mass is 10.0. The third kappa shape index (κ3) is 7.60. The fourth-order valence-electron chi connectivity index (χ4n) is 0.921. The molecule has 0 aromatic carbocycles. The van der Waals surface area contributed by atoms with Crippen molar-refractivity contribution in [3.8, 4) is 0 Å². The Morgan fingerprint density at radius 1 is 1.27 bits per heavy atom. The summed E-state index contributed by atoms with van der Waals surface area (Å²) in [5.41, 5.74) is 0. The first-order valence-electron chi connectivity index (χ1n) is 4.44. The third-order valence-corrected chi connectivity index (χ3v) is 1.68. The fraction of sp³-hybridized carbons (Fsp3) is 0.800. The summed E-state index contributed by atoms with van der Waals surface area (Å²) in [6, 6.07) is 0. The zero-order valence-electron chi connectivity index (χ0n) is 7.88. The number of aliphatic hydroxyl groups is 1. The van der Waals surface area contributed by atoms with E-state index in [2.05, 4.69) is 32.9 Å². The van der Waals surface area contributed by atoms with Crippen molar-refractivity contribution in [1.29, 1.82) is 0 Å². The van der Waals surface area contributed by atoms with Crippen molar-refractivity contribution in [3.05, 3.63) is 12.2 Å². The van der Waals surface area contributed by atoms with Gasteiger partial charge in [0.1, 0.15) is 0 Å². The highest BCUT2D eigenvalue weighted by Crippen LogP contribution is 2.08. The van der Waals surface area contributed by atoms with Crippen LogP contribution in [0.1, 0.15) is 33.6 Å². The van der Waals surface area contributed by atoms with Crippen LogP contribution < -0.4 is 0 Å². The van der Waals surface area contributed by atoms with Crippen molar-refractivity contribution < 1.29 is 5.11 Å².